The Labute approximate surface area is 84.9 Å². The molecule has 0 bridgehead atoms. The molecular formula is C12H16O2. The third-order valence-corrected chi connectivity index (χ3v) is 2.29. The number of carbonyl (C=O) groups is 1. The molecule has 14 heavy (non-hydrogen) atoms. The maximum Gasteiger partial charge on any atom is 0.148 e. The van der Waals surface area contributed by atoms with Gasteiger partial charge in [0.15, 0.2) is 0 Å². The van der Waals surface area contributed by atoms with Gasteiger partial charge in [-0.25, -0.2) is 0 Å². The molecule has 1 aromatic rings. The molecule has 0 saturated heterocycles. The van der Waals surface area contributed by atoms with Crippen LogP contribution in [0.2, 0.25) is 0 Å². The fourth-order valence-corrected chi connectivity index (χ4v) is 1.31. The Kier molecular flexibility index (Phi) is 4.33. The van der Waals surface area contributed by atoms with Crippen LogP contribution in [0, 0.1) is 6.92 Å². The lowest BCUT2D eigenvalue weighted by Crippen LogP contribution is -2.12. The van der Waals surface area contributed by atoms with E-state index < -0.39 is 0 Å². The first-order valence-corrected chi connectivity index (χ1v) is 4.80. The van der Waals surface area contributed by atoms with Crippen molar-refractivity contribution < 1.29 is 9.53 Å². The summed E-state index contributed by atoms with van der Waals surface area (Å²) in [5.74, 6) is 0. The second kappa shape index (κ2) is 5.55. The van der Waals surface area contributed by atoms with Crippen molar-refractivity contribution in [1.82, 2.24) is 0 Å². The van der Waals surface area contributed by atoms with Gasteiger partial charge >= 0.3 is 0 Å². The molecule has 0 saturated carbocycles. The van der Waals surface area contributed by atoms with Crippen LogP contribution in [0.5, 0.6) is 0 Å². The Morgan fingerprint density at radius 3 is 2.50 bits per heavy atom. The third-order valence-electron chi connectivity index (χ3n) is 2.29. The van der Waals surface area contributed by atoms with Crippen molar-refractivity contribution in [2.45, 2.75) is 25.9 Å². The molecular weight excluding hydrogens is 176 g/mol. The topological polar surface area (TPSA) is 26.3 Å². The summed E-state index contributed by atoms with van der Waals surface area (Å²) in [6, 6.07) is 8.34. The Hall–Kier alpha value is -1.15. The summed E-state index contributed by atoms with van der Waals surface area (Å²) in [6.45, 7) is 2.06. The van der Waals surface area contributed by atoms with E-state index in [4.69, 9.17) is 4.74 Å². The van der Waals surface area contributed by atoms with Crippen LogP contribution in [0.3, 0.4) is 0 Å². The first-order chi connectivity index (χ1) is 6.76. The Balaban J connectivity index is 2.45. The predicted octanol–water partition coefficient (Wildman–Crippen LogP) is 2.14. The number of hydrogen-bond donors (Lipinski definition) is 0. The minimum absolute atomic E-state index is 0.267. The lowest BCUT2D eigenvalue weighted by molar-refractivity contribution is -0.116. The van der Waals surface area contributed by atoms with E-state index in [2.05, 4.69) is 31.2 Å². The van der Waals surface area contributed by atoms with Crippen LogP contribution in [-0.2, 0) is 16.0 Å². The van der Waals surface area contributed by atoms with E-state index in [-0.39, 0.29) is 6.10 Å². The number of hydrogen-bond acceptors (Lipinski definition) is 2. The highest BCUT2D eigenvalue weighted by Gasteiger charge is 2.04. The lowest BCUT2D eigenvalue weighted by Gasteiger charge is -2.07. The van der Waals surface area contributed by atoms with Crippen molar-refractivity contribution in [2.75, 3.05) is 7.11 Å². The molecule has 1 aromatic carbocycles. The minimum atomic E-state index is -0.267. The van der Waals surface area contributed by atoms with Gasteiger partial charge < -0.3 is 9.53 Å². The number of aryl methyl sites for hydroxylation is 2. The van der Waals surface area contributed by atoms with Gasteiger partial charge in [-0.3, -0.25) is 0 Å². The number of ether oxygens (including phenoxy) is 1. The van der Waals surface area contributed by atoms with Gasteiger partial charge in [-0.2, -0.15) is 0 Å². The monoisotopic (exact) mass is 192 g/mol. The number of rotatable bonds is 5. The molecule has 0 aliphatic heterocycles. The van der Waals surface area contributed by atoms with E-state index in [1.54, 1.807) is 7.11 Å². The molecule has 0 N–H and O–H groups in total. The van der Waals surface area contributed by atoms with Gasteiger partial charge in [-0.1, -0.05) is 29.8 Å². The van der Waals surface area contributed by atoms with Crippen LogP contribution in [0.25, 0.3) is 0 Å². The first-order valence-electron chi connectivity index (χ1n) is 4.80. The molecule has 1 unspecified atom stereocenters. The molecule has 2 nitrogen and oxygen atoms in total. The number of aldehydes is 1. The zero-order valence-electron chi connectivity index (χ0n) is 8.69. The van der Waals surface area contributed by atoms with E-state index in [1.165, 1.54) is 11.1 Å². The summed E-state index contributed by atoms with van der Waals surface area (Å²) < 4.78 is 4.98. The van der Waals surface area contributed by atoms with Gasteiger partial charge in [0.2, 0.25) is 0 Å². The van der Waals surface area contributed by atoms with Crippen molar-refractivity contribution in [3.63, 3.8) is 0 Å². The van der Waals surface area contributed by atoms with Gasteiger partial charge in [0.05, 0.1) is 0 Å². The quantitative estimate of drug-likeness (QED) is 0.668. The summed E-state index contributed by atoms with van der Waals surface area (Å²) in [4.78, 5) is 10.5. The Morgan fingerprint density at radius 1 is 1.36 bits per heavy atom. The largest absolute Gasteiger partial charge is 0.374 e. The molecule has 0 aromatic heterocycles. The molecule has 1 atom stereocenters. The summed E-state index contributed by atoms with van der Waals surface area (Å²) in [5, 5.41) is 0. The third kappa shape index (κ3) is 3.30. The first kappa shape index (κ1) is 10.9. The maximum atomic E-state index is 10.5. The highest BCUT2D eigenvalue weighted by molar-refractivity contribution is 5.55. The average molecular weight is 192 g/mol. The van der Waals surface area contributed by atoms with Gasteiger partial charge in [-0.05, 0) is 25.3 Å². The van der Waals surface area contributed by atoms with Crippen LogP contribution in [0.15, 0.2) is 24.3 Å². The minimum Gasteiger partial charge on any atom is -0.374 e. The zero-order valence-corrected chi connectivity index (χ0v) is 8.69. The molecule has 2 heteroatoms. The summed E-state index contributed by atoms with van der Waals surface area (Å²) >= 11 is 0. The van der Waals surface area contributed by atoms with Crippen molar-refractivity contribution in [3.8, 4) is 0 Å². The standard InChI is InChI=1S/C12H16O2/c1-10-3-5-11(6-4-10)7-8-12(9-13)14-2/h3-6,9,12H,7-8H2,1-2H3. The molecule has 0 radical (unpaired) electrons. The Morgan fingerprint density at radius 2 is 2.00 bits per heavy atom. The van der Waals surface area contributed by atoms with Crippen molar-refractivity contribution in [1.29, 1.82) is 0 Å². The van der Waals surface area contributed by atoms with E-state index in [0.717, 1.165) is 19.1 Å². The van der Waals surface area contributed by atoms with E-state index in [1.807, 2.05) is 0 Å². The molecule has 0 heterocycles. The van der Waals surface area contributed by atoms with Crippen LogP contribution in [0.1, 0.15) is 17.5 Å². The van der Waals surface area contributed by atoms with Crippen LogP contribution in [0.4, 0.5) is 0 Å². The molecule has 0 aliphatic rings. The predicted molar refractivity (Wildman–Crippen MR) is 56.4 cm³/mol. The molecule has 0 spiro atoms. The highest BCUT2D eigenvalue weighted by Crippen LogP contribution is 2.07. The SMILES string of the molecule is COC(C=O)CCc1ccc(C)cc1. The van der Waals surface area contributed by atoms with Crippen LogP contribution < -0.4 is 0 Å². The fourth-order valence-electron chi connectivity index (χ4n) is 1.31. The molecule has 76 valence electrons. The second-order valence-corrected chi connectivity index (χ2v) is 3.43. The Bertz CT molecular complexity index is 277. The summed E-state index contributed by atoms with van der Waals surface area (Å²) in [5.41, 5.74) is 2.51. The van der Waals surface area contributed by atoms with Gasteiger partial charge in [0.1, 0.15) is 12.4 Å². The molecule has 0 aliphatic carbocycles. The molecule has 0 fully saturated rings. The molecule has 1 rings (SSSR count). The van der Waals surface area contributed by atoms with Crippen molar-refractivity contribution >= 4 is 6.29 Å². The number of methoxy groups -OCH3 is 1. The normalized spacial score (nSPS) is 12.4. The summed E-state index contributed by atoms with van der Waals surface area (Å²) in [6.07, 6.45) is 2.23. The van der Waals surface area contributed by atoms with Crippen LogP contribution >= 0.6 is 0 Å². The van der Waals surface area contributed by atoms with E-state index in [0.29, 0.717) is 0 Å². The van der Waals surface area contributed by atoms with E-state index >= 15 is 0 Å². The highest BCUT2D eigenvalue weighted by atomic mass is 16.5. The van der Waals surface area contributed by atoms with Crippen molar-refractivity contribution in [2.24, 2.45) is 0 Å². The van der Waals surface area contributed by atoms with Gasteiger partial charge in [0.25, 0.3) is 0 Å². The smallest absolute Gasteiger partial charge is 0.148 e. The number of benzene rings is 1. The second-order valence-electron chi connectivity index (χ2n) is 3.43. The lowest BCUT2D eigenvalue weighted by atomic mass is 10.1. The number of carbonyl (C=O) groups excluding carboxylic acids is 1. The van der Waals surface area contributed by atoms with Gasteiger partial charge in [-0.15, -0.1) is 0 Å². The van der Waals surface area contributed by atoms with Crippen molar-refractivity contribution in [3.05, 3.63) is 35.4 Å². The summed E-state index contributed by atoms with van der Waals surface area (Å²) in [7, 11) is 1.56. The van der Waals surface area contributed by atoms with Crippen LogP contribution in [-0.4, -0.2) is 19.5 Å². The molecule has 0 amide bonds. The maximum absolute atomic E-state index is 10.5. The van der Waals surface area contributed by atoms with E-state index in [9.17, 15) is 4.79 Å². The average Bonchev–Trinajstić information content (AvgIpc) is 2.22. The fraction of sp³-hybridized carbons (Fsp3) is 0.417. The van der Waals surface area contributed by atoms with Gasteiger partial charge in [0, 0.05) is 7.11 Å². The zero-order chi connectivity index (χ0) is 10.4.